The summed E-state index contributed by atoms with van der Waals surface area (Å²) in [5.74, 6) is -0.0864. The molecule has 0 amide bonds. The number of carbonyl (C=O) groups is 1. The van der Waals surface area contributed by atoms with Crippen LogP contribution in [0, 0.1) is 5.82 Å². The number of Topliss-reactive ketones (excluding diaryl/α,β-unsaturated/α-hetero) is 1. The van der Waals surface area contributed by atoms with E-state index in [0.29, 0.717) is 18.5 Å². The summed E-state index contributed by atoms with van der Waals surface area (Å²) in [4.78, 5) is 11.7. The summed E-state index contributed by atoms with van der Waals surface area (Å²) in [6, 6.07) is 4.63. The van der Waals surface area contributed by atoms with Gasteiger partial charge in [-0.05, 0) is 37.1 Å². The number of ether oxygens (including phenoxy) is 1. The zero-order chi connectivity index (χ0) is 13.4. The summed E-state index contributed by atoms with van der Waals surface area (Å²) >= 11 is 0. The highest BCUT2D eigenvalue weighted by atomic mass is 19.1. The fraction of sp³-hybridized carbons (Fsp3) is 0.500. The first-order valence-electron chi connectivity index (χ1n) is 6.21. The van der Waals surface area contributed by atoms with E-state index in [-0.39, 0.29) is 18.0 Å². The van der Waals surface area contributed by atoms with E-state index < -0.39 is 5.82 Å². The molecule has 100 valence electrons. The lowest BCUT2D eigenvalue weighted by molar-refractivity contribution is -0.118. The third kappa shape index (κ3) is 4.84. The molecule has 0 aromatic heterocycles. The molecule has 0 aliphatic rings. The molecule has 0 spiro atoms. The van der Waals surface area contributed by atoms with Gasteiger partial charge in [-0.25, -0.2) is 4.39 Å². The predicted molar refractivity (Wildman–Crippen MR) is 69.2 cm³/mol. The molecule has 1 aromatic rings. The van der Waals surface area contributed by atoms with Gasteiger partial charge in [-0.2, -0.15) is 0 Å². The van der Waals surface area contributed by atoms with Gasteiger partial charge in [0.15, 0.2) is 11.6 Å². The molecule has 1 rings (SSSR count). The molecule has 0 saturated heterocycles. The van der Waals surface area contributed by atoms with Crippen LogP contribution in [0.1, 0.15) is 31.2 Å². The van der Waals surface area contributed by atoms with Crippen molar-refractivity contribution in [2.45, 2.75) is 32.1 Å². The van der Waals surface area contributed by atoms with Crippen molar-refractivity contribution < 1.29 is 13.9 Å². The topological polar surface area (TPSA) is 52.3 Å². The van der Waals surface area contributed by atoms with Crippen molar-refractivity contribution in [1.29, 1.82) is 0 Å². The Morgan fingerprint density at radius 2 is 2.11 bits per heavy atom. The summed E-state index contributed by atoms with van der Waals surface area (Å²) in [5, 5.41) is 0. The molecule has 0 unspecified atom stereocenters. The van der Waals surface area contributed by atoms with Crippen molar-refractivity contribution in [1.82, 2.24) is 0 Å². The van der Waals surface area contributed by atoms with Crippen LogP contribution in [0.4, 0.5) is 4.39 Å². The minimum absolute atomic E-state index is 0.136. The van der Waals surface area contributed by atoms with Gasteiger partial charge >= 0.3 is 0 Å². The van der Waals surface area contributed by atoms with Crippen LogP contribution in [0.25, 0.3) is 0 Å². The minimum Gasteiger partial charge on any atom is -0.494 e. The maximum Gasteiger partial charge on any atom is 0.165 e. The Morgan fingerprint density at radius 1 is 1.33 bits per heavy atom. The fourth-order valence-electron chi connectivity index (χ4n) is 1.78. The van der Waals surface area contributed by atoms with E-state index in [1.54, 1.807) is 12.1 Å². The first-order chi connectivity index (χ1) is 8.67. The lowest BCUT2D eigenvalue weighted by Crippen LogP contribution is -2.04. The Labute approximate surface area is 107 Å². The Bertz CT molecular complexity index is 393. The van der Waals surface area contributed by atoms with E-state index in [4.69, 9.17) is 10.5 Å². The van der Waals surface area contributed by atoms with Crippen LogP contribution in [-0.4, -0.2) is 19.4 Å². The molecule has 0 atom stereocenters. The molecule has 3 nitrogen and oxygen atoms in total. The second-order valence-electron chi connectivity index (χ2n) is 4.28. The van der Waals surface area contributed by atoms with Gasteiger partial charge < -0.3 is 10.5 Å². The van der Waals surface area contributed by atoms with Crippen molar-refractivity contribution in [3.63, 3.8) is 0 Å². The first-order valence-corrected chi connectivity index (χ1v) is 6.21. The zero-order valence-electron chi connectivity index (χ0n) is 10.7. The number of carbonyl (C=O) groups excluding carboxylic acids is 1. The molecule has 4 heteroatoms. The molecule has 0 radical (unpaired) electrons. The highest BCUT2D eigenvalue weighted by molar-refractivity contribution is 5.80. The number of halogens is 1. The standard InChI is InChI=1S/C14H20FNO2/c1-18-14-7-6-11(10-13(14)15)9-12(17)5-3-2-4-8-16/h6-7,10H,2-5,8-9,16H2,1H3. The van der Waals surface area contributed by atoms with Gasteiger partial charge in [0.1, 0.15) is 5.78 Å². The molecule has 0 aliphatic carbocycles. The van der Waals surface area contributed by atoms with Crippen LogP contribution >= 0.6 is 0 Å². The van der Waals surface area contributed by atoms with Gasteiger partial charge in [0.05, 0.1) is 7.11 Å². The molecule has 0 heterocycles. The second-order valence-corrected chi connectivity index (χ2v) is 4.28. The Morgan fingerprint density at radius 3 is 2.72 bits per heavy atom. The number of benzene rings is 1. The quantitative estimate of drug-likeness (QED) is 0.724. The molecule has 2 N–H and O–H groups in total. The monoisotopic (exact) mass is 253 g/mol. The van der Waals surface area contributed by atoms with Gasteiger partial charge in [0.2, 0.25) is 0 Å². The average Bonchev–Trinajstić information content (AvgIpc) is 2.35. The van der Waals surface area contributed by atoms with Crippen molar-refractivity contribution in [2.24, 2.45) is 5.73 Å². The molecule has 0 fully saturated rings. The van der Waals surface area contributed by atoms with Crippen molar-refractivity contribution in [2.75, 3.05) is 13.7 Å². The number of unbranched alkanes of at least 4 members (excludes halogenated alkanes) is 2. The van der Waals surface area contributed by atoms with Crippen LogP contribution in [0.3, 0.4) is 0 Å². The van der Waals surface area contributed by atoms with Crippen molar-refractivity contribution in [3.05, 3.63) is 29.6 Å². The van der Waals surface area contributed by atoms with Gasteiger partial charge in [-0.15, -0.1) is 0 Å². The zero-order valence-corrected chi connectivity index (χ0v) is 10.7. The molecule has 1 aromatic carbocycles. The first kappa shape index (κ1) is 14.6. The number of hydrogen-bond acceptors (Lipinski definition) is 3. The largest absolute Gasteiger partial charge is 0.494 e. The average molecular weight is 253 g/mol. The lowest BCUT2D eigenvalue weighted by atomic mass is 10.0. The molecule has 0 aliphatic heterocycles. The normalized spacial score (nSPS) is 10.4. The highest BCUT2D eigenvalue weighted by Gasteiger charge is 2.07. The van der Waals surface area contributed by atoms with Crippen molar-refractivity contribution in [3.8, 4) is 5.75 Å². The second kappa shape index (κ2) is 7.82. The van der Waals surface area contributed by atoms with Crippen LogP contribution < -0.4 is 10.5 Å². The van der Waals surface area contributed by atoms with Crippen LogP contribution in [0.5, 0.6) is 5.75 Å². The van der Waals surface area contributed by atoms with E-state index in [1.165, 1.54) is 13.2 Å². The molecule has 0 bridgehead atoms. The van der Waals surface area contributed by atoms with E-state index in [1.807, 2.05) is 0 Å². The molecular weight excluding hydrogens is 233 g/mol. The maximum atomic E-state index is 13.4. The summed E-state index contributed by atoms with van der Waals surface area (Å²) in [7, 11) is 1.42. The Balaban J connectivity index is 2.42. The number of rotatable bonds is 8. The fourth-order valence-corrected chi connectivity index (χ4v) is 1.78. The predicted octanol–water partition coefficient (Wildman–Crippen LogP) is 2.46. The minimum atomic E-state index is -0.425. The van der Waals surface area contributed by atoms with Gasteiger partial charge in [0, 0.05) is 12.8 Å². The van der Waals surface area contributed by atoms with E-state index in [0.717, 1.165) is 19.3 Å². The van der Waals surface area contributed by atoms with Gasteiger partial charge in [0.25, 0.3) is 0 Å². The lowest BCUT2D eigenvalue weighted by Gasteiger charge is -2.05. The third-order valence-corrected chi connectivity index (χ3v) is 2.78. The van der Waals surface area contributed by atoms with Crippen molar-refractivity contribution >= 4 is 5.78 Å². The summed E-state index contributed by atoms with van der Waals surface area (Å²) in [6.45, 7) is 0.665. The summed E-state index contributed by atoms with van der Waals surface area (Å²) in [6.07, 6.45) is 3.59. The van der Waals surface area contributed by atoms with Crippen LogP contribution in [0.2, 0.25) is 0 Å². The van der Waals surface area contributed by atoms with E-state index >= 15 is 0 Å². The highest BCUT2D eigenvalue weighted by Crippen LogP contribution is 2.18. The summed E-state index contributed by atoms with van der Waals surface area (Å²) < 4.78 is 18.2. The van der Waals surface area contributed by atoms with Crippen LogP contribution in [0.15, 0.2) is 18.2 Å². The SMILES string of the molecule is COc1ccc(CC(=O)CCCCCN)cc1F. The van der Waals surface area contributed by atoms with Gasteiger partial charge in [-0.3, -0.25) is 4.79 Å². The molecule has 18 heavy (non-hydrogen) atoms. The number of ketones is 1. The third-order valence-electron chi connectivity index (χ3n) is 2.78. The summed E-state index contributed by atoms with van der Waals surface area (Å²) in [5.41, 5.74) is 6.07. The van der Waals surface area contributed by atoms with Gasteiger partial charge in [-0.1, -0.05) is 12.5 Å². The van der Waals surface area contributed by atoms with Crippen LogP contribution in [-0.2, 0) is 11.2 Å². The van der Waals surface area contributed by atoms with E-state index in [9.17, 15) is 9.18 Å². The number of methoxy groups -OCH3 is 1. The number of nitrogens with two attached hydrogens (primary N) is 1. The van der Waals surface area contributed by atoms with E-state index in [2.05, 4.69) is 0 Å². The molecular formula is C14H20FNO2. The smallest absolute Gasteiger partial charge is 0.165 e. The Hall–Kier alpha value is -1.42. The number of hydrogen-bond donors (Lipinski definition) is 1. The molecule has 0 saturated carbocycles. The maximum absolute atomic E-state index is 13.4. The Kier molecular flexibility index (Phi) is 6.36.